The second-order valence-corrected chi connectivity index (χ2v) is 7.60. The zero-order valence-corrected chi connectivity index (χ0v) is 15.9. The van der Waals surface area contributed by atoms with Crippen LogP contribution in [0, 0.1) is 0 Å². The molecule has 3 rings (SSSR count). The molecule has 0 N–H and O–H groups in total. The van der Waals surface area contributed by atoms with Crippen LogP contribution in [-0.4, -0.2) is 73.7 Å². The first-order valence-corrected chi connectivity index (χ1v) is 9.26. The van der Waals surface area contributed by atoms with Gasteiger partial charge in [0.15, 0.2) is 0 Å². The van der Waals surface area contributed by atoms with E-state index in [0.29, 0.717) is 6.04 Å². The van der Waals surface area contributed by atoms with E-state index in [2.05, 4.69) is 49.6 Å². The maximum atomic E-state index is 5.41. The van der Waals surface area contributed by atoms with Crippen molar-refractivity contribution < 1.29 is 4.74 Å². The number of hydrogen-bond donors (Lipinski definition) is 0. The van der Waals surface area contributed by atoms with Gasteiger partial charge in [0, 0.05) is 44.0 Å². The van der Waals surface area contributed by atoms with E-state index < -0.39 is 0 Å². The van der Waals surface area contributed by atoms with Gasteiger partial charge in [-0.2, -0.15) is 0 Å². The summed E-state index contributed by atoms with van der Waals surface area (Å²) in [6.45, 7) is 8.03. The number of pyridine rings is 1. The number of likely N-dealkylation sites (tertiary alicyclic amines) is 1. The molecule has 0 aliphatic carbocycles. The van der Waals surface area contributed by atoms with E-state index >= 15 is 0 Å². The monoisotopic (exact) mass is 382 g/mol. The van der Waals surface area contributed by atoms with E-state index in [1.54, 1.807) is 7.11 Å². The van der Waals surface area contributed by atoms with Crippen LogP contribution in [-0.2, 0) is 0 Å². The van der Waals surface area contributed by atoms with E-state index in [9.17, 15) is 0 Å². The average molecular weight is 383 g/mol. The van der Waals surface area contributed by atoms with Crippen LogP contribution in [0.5, 0.6) is 5.75 Å². The molecule has 2 aliphatic rings. The van der Waals surface area contributed by atoms with Gasteiger partial charge < -0.3 is 14.5 Å². The van der Waals surface area contributed by atoms with Crippen molar-refractivity contribution in [1.29, 1.82) is 0 Å². The molecule has 0 radical (unpaired) electrons. The van der Waals surface area contributed by atoms with Gasteiger partial charge in [-0.1, -0.05) is 0 Å². The molecule has 1 atom stereocenters. The highest BCUT2D eigenvalue weighted by Gasteiger charge is 2.30. The van der Waals surface area contributed by atoms with Crippen molar-refractivity contribution in [3.05, 3.63) is 16.7 Å². The van der Waals surface area contributed by atoms with Crippen LogP contribution in [0.15, 0.2) is 16.7 Å². The first kappa shape index (κ1) is 17.0. The van der Waals surface area contributed by atoms with E-state index in [1.807, 2.05) is 12.3 Å². The van der Waals surface area contributed by atoms with Crippen molar-refractivity contribution in [1.82, 2.24) is 14.8 Å². The van der Waals surface area contributed by atoms with Crippen molar-refractivity contribution in [3.8, 4) is 5.75 Å². The molecule has 2 saturated heterocycles. The maximum Gasteiger partial charge on any atom is 0.138 e. The Morgan fingerprint density at radius 1 is 1.22 bits per heavy atom. The second-order valence-electron chi connectivity index (χ2n) is 6.75. The number of piperazine rings is 1. The molecule has 5 nitrogen and oxygen atoms in total. The number of anilines is 1. The molecule has 0 aromatic carbocycles. The number of rotatable bonds is 3. The lowest BCUT2D eigenvalue weighted by atomic mass is 10.0. The number of halogens is 1. The third kappa shape index (κ3) is 3.80. The fourth-order valence-corrected chi connectivity index (χ4v) is 4.12. The molecule has 23 heavy (non-hydrogen) atoms. The van der Waals surface area contributed by atoms with Gasteiger partial charge in [-0.3, -0.25) is 4.90 Å². The zero-order chi connectivity index (χ0) is 16.4. The van der Waals surface area contributed by atoms with Gasteiger partial charge in [-0.05, 0) is 55.8 Å². The van der Waals surface area contributed by atoms with Crippen molar-refractivity contribution in [2.75, 3.05) is 51.8 Å². The van der Waals surface area contributed by atoms with E-state index in [0.717, 1.165) is 41.7 Å². The fourth-order valence-electron chi connectivity index (χ4n) is 3.74. The van der Waals surface area contributed by atoms with Gasteiger partial charge in [-0.25, -0.2) is 4.98 Å². The largest absolute Gasteiger partial charge is 0.495 e. The van der Waals surface area contributed by atoms with Crippen LogP contribution < -0.4 is 9.64 Å². The van der Waals surface area contributed by atoms with E-state index in [-0.39, 0.29) is 0 Å². The van der Waals surface area contributed by atoms with Gasteiger partial charge >= 0.3 is 0 Å². The smallest absolute Gasteiger partial charge is 0.138 e. The van der Waals surface area contributed by atoms with Crippen LogP contribution in [0.3, 0.4) is 0 Å². The Morgan fingerprint density at radius 3 is 2.61 bits per heavy atom. The third-order valence-electron chi connectivity index (χ3n) is 5.18. The maximum absolute atomic E-state index is 5.41. The molecule has 0 saturated carbocycles. The molecular weight excluding hydrogens is 356 g/mol. The molecule has 0 spiro atoms. The molecule has 1 aromatic heterocycles. The summed E-state index contributed by atoms with van der Waals surface area (Å²) < 4.78 is 6.31. The molecule has 0 bridgehead atoms. The predicted octanol–water partition coefficient (Wildman–Crippen LogP) is 2.46. The molecule has 128 valence electrons. The van der Waals surface area contributed by atoms with Gasteiger partial charge in [0.1, 0.15) is 11.6 Å². The SMILES string of the molecule is COc1cc(N2CCN(C3CCN(C)CC3)C[C@@H]2C)ncc1Br. The average Bonchev–Trinajstić information content (AvgIpc) is 2.56. The minimum absolute atomic E-state index is 0.474. The Balaban J connectivity index is 1.64. The summed E-state index contributed by atoms with van der Waals surface area (Å²) in [6, 6.07) is 3.26. The highest BCUT2D eigenvalue weighted by Crippen LogP contribution is 2.30. The molecule has 2 fully saturated rings. The van der Waals surface area contributed by atoms with E-state index in [4.69, 9.17) is 4.74 Å². The van der Waals surface area contributed by atoms with Crippen molar-refractivity contribution >= 4 is 21.7 Å². The van der Waals surface area contributed by atoms with Crippen LogP contribution in [0.25, 0.3) is 0 Å². The zero-order valence-electron chi connectivity index (χ0n) is 14.3. The number of hydrogen-bond acceptors (Lipinski definition) is 5. The standard InChI is InChI=1S/C17H27BrN4O/c1-13-12-21(14-4-6-20(2)7-5-14)8-9-22(13)17-10-16(23-3)15(18)11-19-17/h10-11,13-14H,4-9,12H2,1-3H3/t13-/m0/s1. The van der Waals surface area contributed by atoms with Gasteiger partial charge in [0.2, 0.25) is 0 Å². The number of methoxy groups -OCH3 is 1. The fraction of sp³-hybridized carbons (Fsp3) is 0.706. The van der Waals surface area contributed by atoms with Crippen LogP contribution >= 0.6 is 15.9 Å². The summed E-state index contributed by atoms with van der Waals surface area (Å²) in [6.07, 6.45) is 4.44. The molecule has 0 amide bonds. The molecule has 3 heterocycles. The van der Waals surface area contributed by atoms with Gasteiger partial charge in [0.05, 0.1) is 11.6 Å². The summed E-state index contributed by atoms with van der Waals surface area (Å²) in [5.41, 5.74) is 0. The van der Waals surface area contributed by atoms with Crippen LogP contribution in [0.2, 0.25) is 0 Å². The Hall–Kier alpha value is -0.850. The van der Waals surface area contributed by atoms with Gasteiger partial charge in [-0.15, -0.1) is 0 Å². The van der Waals surface area contributed by atoms with Crippen molar-refractivity contribution in [2.45, 2.75) is 31.8 Å². The normalized spacial score (nSPS) is 24.9. The van der Waals surface area contributed by atoms with Gasteiger partial charge in [0.25, 0.3) is 0 Å². The van der Waals surface area contributed by atoms with Crippen LogP contribution in [0.4, 0.5) is 5.82 Å². The summed E-state index contributed by atoms with van der Waals surface area (Å²) in [5.74, 6) is 1.86. The van der Waals surface area contributed by atoms with Crippen molar-refractivity contribution in [2.24, 2.45) is 0 Å². The number of aromatic nitrogens is 1. The number of ether oxygens (including phenoxy) is 1. The second kappa shape index (κ2) is 7.36. The highest BCUT2D eigenvalue weighted by atomic mass is 79.9. The summed E-state index contributed by atoms with van der Waals surface area (Å²) >= 11 is 3.48. The topological polar surface area (TPSA) is 31.8 Å². The Bertz CT molecular complexity index is 533. The summed E-state index contributed by atoms with van der Waals surface area (Å²) in [7, 11) is 3.93. The lowest BCUT2D eigenvalue weighted by Crippen LogP contribution is -2.56. The minimum Gasteiger partial charge on any atom is -0.495 e. The number of nitrogens with zero attached hydrogens (tertiary/aromatic N) is 4. The molecule has 1 aromatic rings. The molecule has 0 unspecified atom stereocenters. The Morgan fingerprint density at radius 2 is 1.96 bits per heavy atom. The molecule has 6 heteroatoms. The Labute approximate surface area is 147 Å². The predicted molar refractivity (Wildman–Crippen MR) is 97.4 cm³/mol. The van der Waals surface area contributed by atoms with E-state index in [1.165, 1.54) is 25.9 Å². The third-order valence-corrected chi connectivity index (χ3v) is 5.78. The number of piperidine rings is 1. The minimum atomic E-state index is 0.474. The first-order valence-electron chi connectivity index (χ1n) is 8.47. The lowest BCUT2D eigenvalue weighted by molar-refractivity contribution is 0.104. The summed E-state index contributed by atoms with van der Waals surface area (Å²) in [4.78, 5) is 12.1. The highest BCUT2D eigenvalue weighted by molar-refractivity contribution is 9.10. The lowest BCUT2D eigenvalue weighted by Gasteiger charge is -2.45. The molecular formula is C17H27BrN4O. The first-order chi connectivity index (χ1) is 11.1. The Kier molecular flexibility index (Phi) is 5.44. The summed E-state index contributed by atoms with van der Waals surface area (Å²) in [5, 5.41) is 0. The van der Waals surface area contributed by atoms with Crippen LogP contribution in [0.1, 0.15) is 19.8 Å². The van der Waals surface area contributed by atoms with Crippen molar-refractivity contribution in [3.63, 3.8) is 0 Å². The molecule has 2 aliphatic heterocycles. The quantitative estimate of drug-likeness (QED) is 0.801.